The van der Waals surface area contributed by atoms with Gasteiger partial charge in [0.15, 0.2) is 0 Å². The highest BCUT2D eigenvalue weighted by molar-refractivity contribution is 7.98. The molecule has 2 N–H and O–H groups in total. The predicted molar refractivity (Wildman–Crippen MR) is 78.8 cm³/mol. The molecule has 0 fully saturated rings. The first-order valence-electron chi connectivity index (χ1n) is 6.00. The number of benzene rings is 1. The fourth-order valence-electron chi connectivity index (χ4n) is 1.35. The van der Waals surface area contributed by atoms with Crippen molar-refractivity contribution in [1.82, 2.24) is 5.32 Å². The molecule has 1 aromatic rings. The summed E-state index contributed by atoms with van der Waals surface area (Å²) >= 11 is 1.64. The first kappa shape index (κ1) is 15.1. The van der Waals surface area contributed by atoms with Crippen LogP contribution in [-0.2, 0) is 4.79 Å². The van der Waals surface area contributed by atoms with E-state index in [4.69, 9.17) is 5.26 Å². The van der Waals surface area contributed by atoms with E-state index in [1.165, 1.54) is 6.20 Å². The number of hydrogen-bond acceptors (Lipinski definition) is 4. The summed E-state index contributed by atoms with van der Waals surface area (Å²) in [5.41, 5.74) is 0.922. The molecule has 0 aliphatic carbocycles. The Kier molecular flexibility index (Phi) is 6.55. The number of anilines is 1. The molecule has 4 nitrogen and oxygen atoms in total. The van der Waals surface area contributed by atoms with Crippen LogP contribution in [0.25, 0.3) is 0 Å². The van der Waals surface area contributed by atoms with Gasteiger partial charge in [0.05, 0.1) is 0 Å². The smallest absolute Gasteiger partial charge is 0.263 e. The molecule has 0 saturated heterocycles. The molecule has 0 heterocycles. The molecule has 0 aliphatic heterocycles. The van der Waals surface area contributed by atoms with Crippen molar-refractivity contribution >= 4 is 23.4 Å². The van der Waals surface area contributed by atoms with Gasteiger partial charge in [-0.15, -0.1) is 11.8 Å². The Labute approximate surface area is 117 Å². The van der Waals surface area contributed by atoms with Crippen molar-refractivity contribution in [3.05, 3.63) is 36.0 Å². The van der Waals surface area contributed by atoms with E-state index in [0.717, 1.165) is 17.0 Å². The largest absolute Gasteiger partial charge is 0.360 e. The third-order valence-corrected chi connectivity index (χ3v) is 3.08. The highest BCUT2D eigenvalue weighted by atomic mass is 32.2. The zero-order valence-electron chi connectivity index (χ0n) is 11.1. The number of nitrogens with one attached hydrogen (secondary N) is 2. The van der Waals surface area contributed by atoms with Crippen LogP contribution in [0.3, 0.4) is 0 Å². The topological polar surface area (TPSA) is 64.9 Å². The van der Waals surface area contributed by atoms with E-state index < -0.39 is 0 Å². The summed E-state index contributed by atoms with van der Waals surface area (Å²) < 4.78 is 0. The van der Waals surface area contributed by atoms with Crippen molar-refractivity contribution in [1.29, 1.82) is 5.26 Å². The number of carbonyl (C=O) groups is 1. The van der Waals surface area contributed by atoms with E-state index in [-0.39, 0.29) is 11.5 Å². The molecule has 0 spiro atoms. The molecule has 0 saturated carbocycles. The third-order valence-electron chi connectivity index (χ3n) is 2.35. The maximum atomic E-state index is 11.6. The number of carbonyl (C=O) groups excluding carboxylic acids is 1. The standard InChI is InChI=1S/C14H17N3OS/c1-3-7-16-14(18)11(9-15)10-17-12-5-4-6-13(8-12)19-2/h4-6,8,10,17H,3,7H2,1-2H3,(H,16,18)/b11-10-. The Hall–Kier alpha value is -1.93. The van der Waals surface area contributed by atoms with Gasteiger partial charge in [-0.1, -0.05) is 13.0 Å². The van der Waals surface area contributed by atoms with Crippen LogP contribution < -0.4 is 10.6 Å². The van der Waals surface area contributed by atoms with Crippen molar-refractivity contribution < 1.29 is 4.79 Å². The maximum Gasteiger partial charge on any atom is 0.263 e. The summed E-state index contributed by atoms with van der Waals surface area (Å²) in [6, 6.07) is 9.65. The van der Waals surface area contributed by atoms with Gasteiger partial charge >= 0.3 is 0 Å². The summed E-state index contributed by atoms with van der Waals surface area (Å²) in [5, 5.41) is 14.6. The van der Waals surface area contributed by atoms with Gasteiger partial charge in [0.25, 0.3) is 5.91 Å². The van der Waals surface area contributed by atoms with Crippen LogP contribution in [0.2, 0.25) is 0 Å². The highest BCUT2D eigenvalue weighted by Gasteiger charge is 2.07. The van der Waals surface area contributed by atoms with Crippen LogP contribution >= 0.6 is 11.8 Å². The molecule has 1 amide bonds. The minimum absolute atomic E-state index is 0.0722. The molecule has 0 atom stereocenters. The number of rotatable bonds is 6. The van der Waals surface area contributed by atoms with Crippen LogP contribution in [-0.4, -0.2) is 18.7 Å². The molecule has 19 heavy (non-hydrogen) atoms. The summed E-state index contributed by atoms with van der Waals surface area (Å²) in [4.78, 5) is 12.7. The van der Waals surface area contributed by atoms with E-state index in [0.29, 0.717) is 6.54 Å². The zero-order valence-corrected chi connectivity index (χ0v) is 11.9. The fourth-order valence-corrected chi connectivity index (χ4v) is 1.81. The van der Waals surface area contributed by atoms with Gasteiger partial charge in [-0.25, -0.2) is 0 Å². The summed E-state index contributed by atoms with van der Waals surface area (Å²) in [7, 11) is 0. The Bertz CT molecular complexity index is 506. The van der Waals surface area contributed by atoms with E-state index in [1.54, 1.807) is 11.8 Å². The third kappa shape index (κ3) is 5.06. The van der Waals surface area contributed by atoms with Crippen LogP contribution in [0.4, 0.5) is 5.69 Å². The zero-order chi connectivity index (χ0) is 14.1. The Morgan fingerprint density at radius 3 is 2.95 bits per heavy atom. The lowest BCUT2D eigenvalue weighted by atomic mass is 10.2. The van der Waals surface area contributed by atoms with Crippen molar-refractivity contribution in [3.8, 4) is 6.07 Å². The lowest BCUT2D eigenvalue weighted by Crippen LogP contribution is -2.25. The number of amides is 1. The number of hydrogen-bond donors (Lipinski definition) is 2. The molecule has 0 radical (unpaired) electrons. The average Bonchev–Trinajstić information content (AvgIpc) is 2.45. The lowest BCUT2D eigenvalue weighted by molar-refractivity contribution is -0.117. The van der Waals surface area contributed by atoms with Crippen molar-refractivity contribution in [2.24, 2.45) is 0 Å². The molecular weight excluding hydrogens is 258 g/mol. The van der Waals surface area contributed by atoms with Gasteiger partial charge in [-0.3, -0.25) is 4.79 Å². The van der Waals surface area contributed by atoms with Crippen molar-refractivity contribution in [3.63, 3.8) is 0 Å². The van der Waals surface area contributed by atoms with E-state index in [1.807, 2.05) is 43.5 Å². The first-order chi connectivity index (χ1) is 9.21. The molecule has 1 aromatic carbocycles. The minimum atomic E-state index is -0.349. The van der Waals surface area contributed by atoms with Gasteiger partial charge in [-0.2, -0.15) is 5.26 Å². The first-order valence-corrected chi connectivity index (χ1v) is 7.22. The Morgan fingerprint density at radius 1 is 1.53 bits per heavy atom. The molecule has 5 heteroatoms. The molecule has 0 bridgehead atoms. The van der Waals surface area contributed by atoms with Crippen LogP contribution in [0.1, 0.15) is 13.3 Å². The summed E-state index contributed by atoms with van der Waals surface area (Å²) in [6.45, 7) is 2.53. The van der Waals surface area contributed by atoms with Gasteiger partial charge in [0.2, 0.25) is 0 Å². The minimum Gasteiger partial charge on any atom is -0.360 e. The number of thioether (sulfide) groups is 1. The molecule has 0 unspecified atom stereocenters. The van der Waals surface area contributed by atoms with E-state index >= 15 is 0 Å². The van der Waals surface area contributed by atoms with Crippen molar-refractivity contribution in [2.75, 3.05) is 18.1 Å². The summed E-state index contributed by atoms with van der Waals surface area (Å²) in [6.07, 6.45) is 4.27. The fraction of sp³-hybridized carbons (Fsp3) is 0.286. The Morgan fingerprint density at radius 2 is 2.32 bits per heavy atom. The summed E-state index contributed by atoms with van der Waals surface area (Å²) in [5.74, 6) is -0.349. The van der Waals surface area contributed by atoms with Gasteiger partial charge in [0, 0.05) is 23.3 Å². The van der Waals surface area contributed by atoms with Crippen LogP contribution in [0.5, 0.6) is 0 Å². The molecule has 0 aromatic heterocycles. The molecular formula is C14H17N3OS. The van der Waals surface area contributed by atoms with Gasteiger partial charge in [0.1, 0.15) is 11.6 Å². The molecule has 100 valence electrons. The maximum absolute atomic E-state index is 11.6. The SMILES string of the molecule is CCCNC(=O)/C(C#N)=C\Nc1cccc(SC)c1. The quantitative estimate of drug-likeness (QED) is 0.476. The Balaban J connectivity index is 2.71. The van der Waals surface area contributed by atoms with Crippen LogP contribution in [0, 0.1) is 11.3 Å². The predicted octanol–water partition coefficient (Wildman–Crippen LogP) is 2.75. The second kappa shape index (κ2) is 8.22. The second-order valence-electron chi connectivity index (χ2n) is 3.80. The normalized spacial score (nSPS) is 10.7. The monoisotopic (exact) mass is 275 g/mol. The second-order valence-corrected chi connectivity index (χ2v) is 4.68. The van der Waals surface area contributed by atoms with Crippen LogP contribution in [0.15, 0.2) is 40.9 Å². The van der Waals surface area contributed by atoms with E-state index in [9.17, 15) is 4.79 Å². The van der Waals surface area contributed by atoms with Gasteiger partial charge < -0.3 is 10.6 Å². The lowest BCUT2D eigenvalue weighted by Gasteiger charge is -2.05. The molecule has 1 rings (SSSR count). The average molecular weight is 275 g/mol. The van der Waals surface area contributed by atoms with Gasteiger partial charge in [-0.05, 0) is 30.9 Å². The highest BCUT2D eigenvalue weighted by Crippen LogP contribution is 2.19. The number of nitriles is 1. The molecule has 0 aliphatic rings. The van der Waals surface area contributed by atoms with E-state index in [2.05, 4.69) is 10.6 Å². The van der Waals surface area contributed by atoms with Crippen molar-refractivity contribution in [2.45, 2.75) is 18.2 Å². The number of nitrogens with zero attached hydrogens (tertiary/aromatic N) is 1.